The fourth-order valence-corrected chi connectivity index (χ4v) is 5.92. The molecule has 0 saturated carbocycles. The number of rotatable bonds is 5. The van der Waals surface area contributed by atoms with E-state index in [1.165, 1.54) is 35.7 Å². The molecule has 5 rings (SSSR count). The van der Waals surface area contributed by atoms with Crippen LogP contribution in [0.25, 0.3) is 10.9 Å². The quantitative estimate of drug-likeness (QED) is 0.628. The van der Waals surface area contributed by atoms with Crippen LogP contribution in [0, 0.1) is 6.92 Å². The molecule has 3 aliphatic rings. The maximum atomic E-state index is 10.9. The van der Waals surface area contributed by atoms with Crippen LogP contribution in [0.15, 0.2) is 18.2 Å². The van der Waals surface area contributed by atoms with Gasteiger partial charge in [0.05, 0.1) is 12.1 Å². The molecular formula is C24H43Cl3N4O3. The van der Waals surface area contributed by atoms with Crippen molar-refractivity contribution in [1.82, 2.24) is 19.3 Å². The molecule has 2 unspecified atom stereocenters. The fourth-order valence-electron chi connectivity index (χ4n) is 5.92. The second-order valence-electron chi connectivity index (χ2n) is 9.33. The van der Waals surface area contributed by atoms with Gasteiger partial charge in [-0.3, -0.25) is 9.80 Å². The van der Waals surface area contributed by atoms with Gasteiger partial charge < -0.3 is 25.5 Å². The molecule has 1 saturated heterocycles. The lowest BCUT2D eigenvalue weighted by Crippen LogP contribution is -2.51. The average Bonchev–Trinajstić information content (AvgIpc) is 3.05. The Hall–Kier alpha value is -0.610. The highest BCUT2D eigenvalue weighted by Crippen LogP contribution is 2.42. The van der Waals surface area contributed by atoms with Gasteiger partial charge in [-0.2, -0.15) is 0 Å². The van der Waals surface area contributed by atoms with Crippen molar-refractivity contribution in [3.8, 4) is 0 Å². The summed E-state index contributed by atoms with van der Waals surface area (Å²) in [7, 11) is 0. The number of halogens is 3. The summed E-state index contributed by atoms with van der Waals surface area (Å²) in [6.45, 7) is 13.7. The summed E-state index contributed by atoms with van der Waals surface area (Å²) in [4.78, 5) is 7.53. The third-order valence-electron chi connectivity index (χ3n) is 7.47. The van der Waals surface area contributed by atoms with Crippen LogP contribution < -0.4 is 0 Å². The number of aryl methyl sites for hydroxylation is 2. The predicted octanol–water partition coefficient (Wildman–Crippen LogP) is 2.26. The second kappa shape index (κ2) is 14.2. The van der Waals surface area contributed by atoms with Crippen molar-refractivity contribution in [2.24, 2.45) is 0 Å². The first-order chi connectivity index (χ1) is 14.1. The molecule has 1 aromatic carbocycles. The van der Waals surface area contributed by atoms with Crippen molar-refractivity contribution in [2.75, 3.05) is 52.4 Å². The first-order valence-electron chi connectivity index (χ1n) is 11.6. The Morgan fingerprint density at radius 2 is 1.62 bits per heavy atom. The molecule has 2 aliphatic heterocycles. The molecule has 34 heavy (non-hydrogen) atoms. The summed E-state index contributed by atoms with van der Waals surface area (Å²) in [5, 5.41) is 12.4. The van der Waals surface area contributed by atoms with Gasteiger partial charge in [0.1, 0.15) is 0 Å². The summed E-state index contributed by atoms with van der Waals surface area (Å²) in [6, 6.07) is 7.43. The molecule has 1 fully saturated rings. The minimum atomic E-state index is -0.258. The van der Waals surface area contributed by atoms with Crippen molar-refractivity contribution >= 4 is 48.1 Å². The Labute approximate surface area is 222 Å². The van der Waals surface area contributed by atoms with E-state index in [4.69, 9.17) is 0 Å². The van der Waals surface area contributed by atoms with Crippen molar-refractivity contribution < 1.29 is 16.1 Å². The van der Waals surface area contributed by atoms with Gasteiger partial charge in [0.25, 0.3) is 0 Å². The van der Waals surface area contributed by atoms with Crippen LogP contribution in [0.3, 0.4) is 0 Å². The number of aromatic nitrogens is 1. The van der Waals surface area contributed by atoms with Crippen LogP contribution in [0.4, 0.5) is 0 Å². The second-order valence-corrected chi connectivity index (χ2v) is 9.33. The zero-order chi connectivity index (χ0) is 20.0. The van der Waals surface area contributed by atoms with Gasteiger partial charge >= 0.3 is 0 Å². The first kappa shape index (κ1) is 33.4. The zero-order valence-corrected chi connectivity index (χ0v) is 22.8. The van der Waals surface area contributed by atoms with Crippen LogP contribution >= 0.6 is 37.2 Å². The van der Waals surface area contributed by atoms with Crippen molar-refractivity contribution in [3.05, 3.63) is 35.0 Å². The number of β-amino-alcohol motifs (C(OH)–C–C–N with tert-alkyl or cyclic N) is 1. The molecule has 7 nitrogen and oxygen atoms in total. The molecule has 0 spiro atoms. The van der Waals surface area contributed by atoms with Gasteiger partial charge in [-0.05, 0) is 50.4 Å². The number of aliphatic hydroxyl groups excluding tert-OH is 1. The smallest absolute Gasteiger partial charge is 0.0794 e. The SMILES string of the molecule is CCN1CCN(CC(O)CN2CCn3c4c(c5cc(C)ccc53)CCCC42)CC1.Cl.Cl.Cl.O.O. The lowest BCUT2D eigenvalue weighted by atomic mass is 9.89. The molecule has 1 aliphatic carbocycles. The predicted molar refractivity (Wildman–Crippen MR) is 147 cm³/mol. The van der Waals surface area contributed by atoms with Crippen LogP contribution in [-0.2, 0) is 13.0 Å². The number of benzene rings is 1. The van der Waals surface area contributed by atoms with Crippen molar-refractivity contribution in [2.45, 2.75) is 51.8 Å². The number of nitrogens with zero attached hydrogens (tertiary/aromatic N) is 4. The van der Waals surface area contributed by atoms with Crippen LogP contribution in [0.2, 0.25) is 0 Å². The topological polar surface area (TPSA) is 97.9 Å². The van der Waals surface area contributed by atoms with Gasteiger partial charge in [0.15, 0.2) is 0 Å². The minimum absolute atomic E-state index is 0. The average molecular weight is 542 g/mol. The Morgan fingerprint density at radius 1 is 0.941 bits per heavy atom. The summed E-state index contributed by atoms with van der Waals surface area (Å²) < 4.78 is 2.58. The summed E-state index contributed by atoms with van der Waals surface area (Å²) >= 11 is 0. The Kier molecular flexibility index (Phi) is 14.0. The van der Waals surface area contributed by atoms with Crippen molar-refractivity contribution in [1.29, 1.82) is 0 Å². The van der Waals surface area contributed by atoms with E-state index in [2.05, 4.69) is 51.3 Å². The van der Waals surface area contributed by atoms with E-state index in [-0.39, 0.29) is 54.3 Å². The third kappa shape index (κ3) is 6.38. The summed E-state index contributed by atoms with van der Waals surface area (Å²) in [5.74, 6) is 0. The van der Waals surface area contributed by atoms with Gasteiger partial charge in [-0.25, -0.2) is 0 Å². The van der Waals surface area contributed by atoms with Gasteiger partial charge in [0, 0.05) is 69.0 Å². The molecule has 5 N–H and O–H groups in total. The monoisotopic (exact) mass is 540 g/mol. The van der Waals surface area contributed by atoms with Crippen molar-refractivity contribution in [3.63, 3.8) is 0 Å². The molecule has 3 heterocycles. The number of piperazine rings is 1. The molecule has 1 aromatic heterocycles. The molecule has 198 valence electrons. The number of likely N-dealkylation sites (N-methyl/N-ethyl adjacent to an activating group) is 1. The van der Waals surface area contributed by atoms with Gasteiger partial charge in [0.2, 0.25) is 0 Å². The molecule has 2 aromatic rings. The maximum absolute atomic E-state index is 10.9. The highest BCUT2D eigenvalue weighted by molar-refractivity contribution is 5.87. The Morgan fingerprint density at radius 3 is 2.29 bits per heavy atom. The third-order valence-corrected chi connectivity index (χ3v) is 7.47. The standard InChI is InChI=1S/C24H36N4O.3ClH.2H2O/c1-3-25-9-11-26(12-10-25)16-19(29)17-27-13-14-28-22-8-7-18(2)15-21(22)20-5-4-6-23(27)24(20)28;;;;;/h7-8,15,19,23,29H,3-6,9-14,16-17H2,1-2H3;3*1H;2*1H2. The van der Waals surface area contributed by atoms with E-state index < -0.39 is 0 Å². The van der Waals surface area contributed by atoms with E-state index in [1.54, 1.807) is 11.3 Å². The molecule has 10 heteroatoms. The lowest BCUT2D eigenvalue weighted by molar-refractivity contribution is 0.0296. The zero-order valence-electron chi connectivity index (χ0n) is 20.3. The molecule has 2 atom stereocenters. The highest BCUT2D eigenvalue weighted by Gasteiger charge is 2.35. The fraction of sp³-hybridized carbons (Fsp3) is 0.667. The van der Waals surface area contributed by atoms with Gasteiger partial charge in [-0.15, -0.1) is 37.2 Å². The van der Waals surface area contributed by atoms with E-state index in [9.17, 15) is 5.11 Å². The van der Waals surface area contributed by atoms with Crippen LogP contribution in [0.1, 0.15) is 42.6 Å². The minimum Gasteiger partial charge on any atom is -0.412 e. The first-order valence-corrected chi connectivity index (χ1v) is 11.6. The number of fused-ring (bicyclic) bond motifs is 3. The normalized spacial score (nSPS) is 21.1. The lowest BCUT2D eigenvalue weighted by Gasteiger charge is -2.41. The number of hydrogen-bond acceptors (Lipinski definition) is 4. The highest BCUT2D eigenvalue weighted by atomic mass is 35.5. The van der Waals surface area contributed by atoms with E-state index in [0.717, 1.165) is 58.9 Å². The largest absolute Gasteiger partial charge is 0.412 e. The van der Waals surface area contributed by atoms with Gasteiger partial charge in [-0.1, -0.05) is 18.6 Å². The molecule has 0 radical (unpaired) electrons. The van der Waals surface area contributed by atoms with Crippen LogP contribution in [0.5, 0.6) is 0 Å². The number of hydrogen-bond donors (Lipinski definition) is 1. The Balaban J connectivity index is 0.00000218. The van der Waals surface area contributed by atoms with E-state index in [0.29, 0.717) is 6.04 Å². The summed E-state index contributed by atoms with van der Waals surface area (Å²) in [5.41, 5.74) is 5.90. The molecule has 0 bridgehead atoms. The Bertz CT molecular complexity index is 890. The molecule has 0 amide bonds. The van der Waals surface area contributed by atoms with E-state index in [1.807, 2.05) is 0 Å². The summed E-state index contributed by atoms with van der Waals surface area (Å²) in [6.07, 6.45) is 3.43. The number of aliphatic hydroxyl groups is 1. The van der Waals surface area contributed by atoms with E-state index >= 15 is 0 Å². The maximum Gasteiger partial charge on any atom is 0.0794 e. The molecular weight excluding hydrogens is 499 g/mol. The van der Waals surface area contributed by atoms with Crippen LogP contribution in [-0.4, -0.2) is 93.8 Å².